The van der Waals surface area contributed by atoms with Gasteiger partial charge in [-0.05, 0) is 31.5 Å². The predicted octanol–water partition coefficient (Wildman–Crippen LogP) is 4.13. The van der Waals surface area contributed by atoms with Crippen molar-refractivity contribution in [2.75, 3.05) is 5.32 Å². The maximum atomic E-state index is 4.24. The van der Waals surface area contributed by atoms with Crippen molar-refractivity contribution in [3.63, 3.8) is 0 Å². The molecule has 4 heteroatoms. The quantitative estimate of drug-likeness (QED) is 0.921. The molecule has 1 aromatic heterocycles. The lowest BCUT2D eigenvalue weighted by atomic mass is 10.2. The third kappa shape index (κ3) is 2.62. The second kappa shape index (κ2) is 4.97. The molecule has 2 nitrogen and oxygen atoms in total. The molecule has 0 aliphatic rings. The minimum atomic E-state index is 0.841. The standard InChI is InChI=1S/C12H13BrN2S/c1-8-3-4-10(13)5-11(8)14-6-12-9(2)15-7-16-12/h3-5,7,14H,6H2,1-2H3. The van der Waals surface area contributed by atoms with Gasteiger partial charge in [0.2, 0.25) is 0 Å². The summed E-state index contributed by atoms with van der Waals surface area (Å²) in [6, 6.07) is 6.26. The second-order valence-electron chi connectivity index (χ2n) is 3.67. The molecular formula is C12H13BrN2S. The molecule has 1 aromatic carbocycles. The lowest BCUT2D eigenvalue weighted by molar-refractivity contribution is 1.11. The summed E-state index contributed by atoms with van der Waals surface area (Å²) in [6.45, 7) is 4.99. The van der Waals surface area contributed by atoms with Gasteiger partial charge in [0.25, 0.3) is 0 Å². The normalized spacial score (nSPS) is 10.4. The molecule has 0 amide bonds. The van der Waals surface area contributed by atoms with E-state index >= 15 is 0 Å². The van der Waals surface area contributed by atoms with E-state index in [1.54, 1.807) is 11.3 Å². The highest BCUT2D eigenvalue weighted by Crippen LogP contribution is 2.22. The van der Waals surface area contributed by atoms with Crippen LogP contribution in [-0.2, 0) is 6.54 Å². The number of thiazole rings is 1. The Morgan fingerprint density at radius 1 is 1.38 bits per heavy atom. The fourth-order valence-electron chi connectivity index (χ4n) is 1.46. The summed E-state index contributed by atoms with van der Waals surface area (Å²) >= 11 is 5.17. The largest absolute Gasteiger partial charge is 0.380 e. The van der Waals surface area contributed by atoms with E-state index < -0.39 is 0 Å². The highest BCUT2D eigenvalue weighted by atomic mass is 79.9. The molecule has 2 rings (SSSR count). The average molecular weight is 297 g/mol. The fraction of sp³-hybridized carbons (Fsp3) is 0.250. The van der Waals surface area contributed by atoms with Crippen LogP contribution in [0.5, 0.6) is 0 Å². The third-order valence-electron chi connectivity index (χ3n) is 2.48. The van der Waals surface area contributed by atoms with Gasteiger partial charge in [-0.3, -0.25) is 0 Å². The molecule has 0 saturated carbocycles. The van der Waals surface area contributed by atoms with Crippen LogP contribution in [0.1, 0.15) is 16.1 Å². The van der Waals surface area contributed by atoms with Crippen LogP contribution in [0.4, 0.5) is 5.69 Å². The number of hydrogen-bond donors (Lipinski definition) is 1. The number of aromatic nitrogens is 1. The zero-order valence-corrected chi connectivity index (χ0v) is 11.7. The van der Waals surface area contributed by atoms with Gasteiger partial charge in [0.05, 0.1) is 17.7 Å². The number of nitrogens with zero attached hydrogens (tertiary/aromatic N) is 1. The van der Waals surface area contributed by atoms with E-state index in [9.17, 15) is 0 Å². The summed E-state index contributed by atoms with van der Waals surface area (Å²) in [6.07, 6.45) is 0. The first-order valence-corrected chi connectivity index (χ1v) is 6.73. The molecule has 0 saturated heterocycles. The Bertz CT molecular complexity index is 494. The molecule has 0 radical (unpaired) electrons. The van der Waals surface area contributed by atoms with E-state index in [0.29, 0.717) is 0 Å². The fourth-order valence-corrected chi connectivity index (χ4v) is 2.53. The first-order valence-electron chi connectivity index (χ1n) is 5.06. The Kier molecular flexibility index (Phi) is 3.61. The Morgan fingerprint density at radius 3 is 2.88 bits per heavy atom. The van der Waals surface area contributed by atoms with Crippen molar-refractivity contribution in [2.45, 2.75) is 20.4 Å². The van der Waals surface area contributed by atoms with Crippen molar-refractivity contribution in [2.24, 2.45) is 0 Å². The van der Waals surface area contributed by atoms with E-state index in [1.165, 1.54) is 16.1 Å². The Balaban J connectivity index is 2.10. The molecule has 16 heavy (non-hydrogen) atoms. The molecule has 2 aromatic rings. The summed E-state index contributed by atoms with van der Waals surface area (Å²) < 4.78 is 1.10. The van der Waals surface area contributed by atoms with Crippen molar-refractivity contribution >= 4 is 33.0 Å². The van der Waals surface area contributed by atoms with Crippen LogP contribution in [0.2, 0.25) is 0 Å². The highest BCUT2D eigenvalue weighted by Gasteiger charge is 2.03. The van der Waals surface area contributed by atoms with Gasteiger partial charge >= 0.3 is 0 Å². The lowest BCUT2D eigenvalue weighted by Crippen LogP contribution is -2.00. The van der Waals surface area contributed by atoms with Crippen molar-refractivity contribution in [3.8, 4) is 0 Å². The highest BCUT2D eigenvalue weighted by molar-refractivity contribution is 9.10. The molecule has 0 unspecified atom stereocenters. The van der Waals surface area contributed by atoms with Crippen LogP contribution in [0.3, 0.4) is 0 Å². The van der Waals surface area contributed by atoms with Crippen LogP contribution >= 0.6 is 27.3 Å². The lowest BCUT2D eigenvalue weighted by Gasteiger charge is -2.09. The number of rotatable bonds is 3. The molecular weight excluding hydrogens is 284 g/mol. The molecule has 0 aliphatic heterocycles. The van der Waals surface area contributed by atoms with Crippen LogP contribution in [-0.4, -0.2) is 4.98 Å². The molecule has 1 heterocycles. The van der Waals surface area contributed by atoms with Gasteiger partial charge in [0.15, 0.2) is 0 Å². The SMILES string of the molecule is Cc1ccc(Br)cc1NCc1scnc1C. The van der Waals surface area contributed by atoms with Crippen molar-refractivity contribution < 1.29 is 0 Å². The molecule has 0 spiro atoms. The number of hydrogen-bond acceptors (Lipinski definition) is 3. The zero-order chi connectivity index (χ0) is 11.5. The Hall–Kier alpha value is -0.870. The first-order chi connectivity index (χ1) is 7.66. The van der Waals surface area contributed by atoms with Crippen molar-refractivity contribution in [1.82, 2.24) is 4.98 Å². The topological polar surface area (TPSA) is 24.9 Å². The Morgan fingerprint density at radius 2 is 2.19 bits per heavy atom. The molecule has 0 aliphatic carbocycles. The van der Waals surface area contributed by atoms with E-state index in [2.05, 4.69) is 51.4 Å². The number of aryl methyl sites for hydroxylation is 2. The second-order valence-corrected chi connectivity index (χ2v) is 5.53. The third-order valence-corrected chi connectivity index (χ3v) is 3.91. The van der Waals surface area contributed by atoms with Crippen LogP contribution in [0.15, 0.2) is 28.2 Å². The first kappa shape index (κ1) is 11.6. The maximum absolute atomic E-state index is 4.24. The molecule has 1 N–H and O–H groups in total. The van der Waals surface area contributed by atoms with Crippen molar-refractivity contribution in [1.29, 1.82) is 0 Å². The maximum Gasteiger partial charge on any atom is 0.0798 e. The minimum Gasteiger partial charge on any atom is -0.380 e. The summed E-state index contributed by atoms with van der Waals surface area (Å²) in [5.74, 6) is 0. The monoisotopic (exact) mass is 296 g/mol. The van der Waals surface area contributed by atoms with Gasteiger partial charge in [0, 0.05) is 15.0 Å². The minimum absolute atomic E-state index is 0.841. The van der Waals surface area contributed by atoms with E-state index in [1.807, 2.05) is 12.4 Å². The summed E-state index contributed by atoms with van der Waals surface area (Å²) in [5, 5.41) is 3.44. The molecule has 0 fully saturated rings. The smallest absolute Gasteiger partial charge is 0.0798 e. The number of halogens is 1. The van der Waals surface area contributed by atoms with Gasteiger partial charge in [-0.1, -0.05) is 22.0 Å². The summed E-state index contributed by atoms with van der Waals surface area (Å²) in [5.41, 5.74) is 5.43. The zero-order valence-electron chi connectivity index (χ0n) is 9.25. The average Bonchev–Trinajstić information content (AvgIpc) is 2.66. The van der Waals surface area contributed by atoms with Crippen molar-refractivity contribution in [3.05, 3.63) is 44.3 Å². The summed E-state index contributed by atoms with van der Waals surface area (Å²) in [4.78, 5) is 5.53. The van der Waals surface area contributed by atoms with Gasteiger partial charge in [-0.15, -0.1) is 11.3 Å². The van der Waals surface area contributed by atoms with E-state index in [4.69, 9.17) is 0 Å². The predicted molar refractivity (Wildman–Crippen MR) is 73.1 cm³/mol. The van der Waals surface area contributed by atoms with E-state index in [0.717, 1.165) is 16.7 Å². The van der Waals surface area contributed by atoms with E-state index in [-0.39, 0.29) is 0 Å². The van der Waals surface area contributed by atoms with Gasteiger partial charge in [-0.2, -0.15) is 0 Å². The molecule has 0 bridgehead atoms. The molecule has 0 atom stereocenters. The number of benzene rings is 1. The van der Waals surface area contributed by atoms with Gasteiger partial charge in [0.1, 0.15) is 0 Å². The summed E-state index contributed by atoms with van der Waals surface area (Å²) in [7, 11) is 0. The van der Waals surface area contributed by atoms with Crippen LogP contribution < -0.4 is 5.32 Å². The number of anilines is 1. The number of nitrogens with one attached hydrogen (secondary N) is 1. The van der Waals surface area contributed by atoms with Crippen LogP contribution in [0, 0.1) is 13.8 Å². The van der Waals surface area contributed by atoms with Gasteiger partial charge in [-0.25, -0.2) is 4.98 Å². The van der Waals surface area contributed by atoms with Crippen LogP contribution in [0.25, 0.3) is 0 Å². The van der Waals surface area contributed by atoms with Gasteiger partial charge < -0.3 is 5.32 Å². The molecule has 84 valence electrons. The Labute approximate surface area is 108 Å².